The Morgan fingerprint density at radius 2 is 1.58 bits per heavy atom. The maximum atomic E-state index is 13.8. The van der Waals surface area contributed by atoms with E-state index in [4.69, 9.17) is 4.98 Å². The second kappa shape index (κ2) is 10.5. The van der Waals surface area contributed by atoms with E-state index in [2.05, 4.69) is 19.9 Å². The van der Waals surface area contributed by atoms with E-state index in [1.54, 1.807) is 24.1 Å². The van der Waals surface area contributed by atoms with Crippen molar-refractivity contribution < 1.29 is 13.2 Å². The average Bonchev–Trinajstić information content (AvgIpc) is 3.31. The van der Waals surface area contributed by atoms with Crippen molar-refractivity contribution in [2.24, 2.45) is 0 Å². The van der Waals surface area contributed by atoms with Gasteiger partial charge in [0.15, 0.2) is 5.13 Å². The summed E-state index contributed by atoms with van der Waals surface area (Å²) in [6, 6.07) is 21.9. The van der Waals surface area contributed by atoms with Gasteiger partial charge in [-0.3, -0.25) is 9.69 Å². The van der Waals surface area contributed by atoms with Crippen LogP contribution in [-0.2, 0) is 16.6 Å². The summed E-state index contributed by atoms with van der Waals surface area (Å²) in [4.78, 5) is 20.5. The molecule has 0 aliphatic carbocycles. The van der Waals surface area contributed by atoms with E-state index in [1.807, 2.05) is 56.3 Å². The minimum atomic E-state index is -3.63. The van der Waals surface area contributed by atoms with Crippen molar-refractivity contribution in [3.8, 4) is 0 Å². The van der Waals surface area contributed by atoms with Gasteiger partial charge in [-0.25, -0.2) is 13.4 Å². The second-order valence-electron chi connectivity index (χ2n) is 9.36. The van der Waals surface area contributed by atoms with Crippen LogP contribution in [0.2, 0.25) is 0 Å². The molecule has 0 spiro atoms. The Bertz CT molecular complexity index is 1460. The Morgan fingerprint density at radius 3 is 2.19 bits per heavy atom. The minimum absolute atomic E-state index is 0.159. The number of para-hydroxylation sites is 1. The number of carbonyl (C=O) groups excluding carboxylic acids is 1. The lowest BCUT2D eigenvalue weighted by atomic mass is 10.0. The highest BCUT2D eigenvalue weighted by molar-refractivity contribution is 7.89. The van der Waals surface area contributed by atoms with Crippen molar-refractivity contribution in [1.29, 1.82) is 0 Å². The van der Waals surface area contributed by atoms with E-state index in [9.17, 15) is 13.2 Å². The van der Waals surface area contributed by atoms with Gasteiger partial charge >= 0.3 is 0 Å². The highest BCUT2D eigenvalue weighted by atomic mass is 32.2. The fraction of sp³-hybridized carbons (Fsp3) is 0.286. The fourth-order valence-corrected chi connectivity index (χ4v) is 6.27. The monoisotopic (exact) mass is 521 g/mol. The number of aromatic nitrogens is 1. The maximum Gasteiger partial charge on any atom is 0.260 e. The fourth-order valence-electron chi connectivity index (χ4n) is 3.90. The molecule has 6 nitrogen and oxygen atoms in total. The predicted molar refractivity (Wildman–Crippen MR) is 147 cm³/mol. The molecule has 0 unspecified atom stereocenters. The first-order chi connectivity index (χ1) is 17.1. The molecule has 188 valence electrons. The first kappa shape index (κ1) is 26.0. The molecule has 0 saturated heterocycles. The standard InChI is InChI=1S/C28H31N3O3S2/c1-19(2)24-12-9-13-25-26(24)29-28(35-25)31(18-21-10-7-6-8-11-21)27(32)22-14-16-23(17-15-22)36(33,34)30(5)20(3)4/h6-17,19-20H,18H2,1-5H3. The zero-order valence-electron chi connectivity index (χ0n) is 21.2. The van der Waals surface area contributed by atoms with Gasteiger partial charge in [-0.1, -0.05) is 67.6 Å². The average molecular weight is 522 g/mol. The summed E-state index contributed by atoms with van der Waals surface area (Å²) in [6.45, 7) is 8.26. The van der Waals surface area contributed by atoms with Crippen LogP contribution in [0.1, 0.15) is 55.1 Å². The van der Waals surface area contributed by atoms with Gasteiger partial charge in [0.05, 0.1) is 21.7 Å². The van der Waals surface area contributed by atoms with Crippen LogP contribution in [0.4, 0.5) is 5.13 Å². The quantitative estimate of drug-likeness (QED) is 0.273. The third-order valence-electron chi connectivity index (χ3n) is 6.23. The molecule has 0 aliphatic heterocycles. The molecule has 0 N–H and O–H groups in total. The number of carbonyl (C=O) groups is 1. The molecule has 1 amide bonds. The predicted octanol–water partition coefficient (Wildman–Crippen LogP) is 6.30. The molecule has 0 radical (unpaired) electrons. The number of hydrogen-bond donors (Lipinski definition) is 0. The molecule has 1 heterocycles. The topological polar surface area (TPSA) is 70.6 Å². The molecule has 36 heavy (non-hydrogen) atoms. The summed E-state index contributed by atoms with van der Waals surface area (Å²) in [5, 5.41) is 0.614. The van der Waals surface area contributed by atoms with E-state index in [-0.39, 0.29) is 16.8 Å². The Morgan fingerprint density at radius 1 is 0.917 bits per heavy atom. The van der Waals surface area contributed by atoms with Gasteiger partial charge < -0.3 is 0 Å². The second-order valence-corrected chi connectivity index (χ2v) is 12.4. The Kier molecular flexibility index (Phi) is 7.59. The van der Waals surface area contributed by atoms with Crippen LogP contribution in [0.5, 0.6) is 0 Å². The van der Waals surface area contributed by atoms with Gasteiger partial charge in [-0.15, -0.1) is 0 Å². The van der Waals surface area contributed by atoms with E-state index in [0.717, 1.165) is 21.3 Å². The Balaban J connectivity index is 1.73. The number of anilines is 1. The van der Waals surface area contributed by atoms with Gasteiger partial charge in [-0.2, -0.15) is 4.31 Å². The molecular formula is C28H31N3O3S2. The largest absolute Gasteiger partial charge is 0.279 e. The highest BCUT2D eigenvalue weighted by Gasteiger charge is 2.26. The lowest BCUT2D eigenvalue weighted by Gasteiger charge is -2.22. The zero-order chi connectivity index (χ0) is 26.0. The maximum absolute atomic E-state index is 13.8. The summed E-state index contributed by atoms with van der Waals surface area (Å²) in [6.07, 6.45) is 0. The van der Waals surface area contributed by atoms with E-state index in [1.165, 1.54) is 27.8 Å². The van der Waals surface area contributed by atoms with Crippen LogP contribution in [0.25, 0.3) is 10.2 Å². The van der Waals surface area contributed by atoms with Gasteiger partial charge in [0.2, 0.25) is 10.0 Å². The van der Waals surface area contributed by atoms with Crippen LogP contribution in [-0.4, -0.2) is 36.7 Å². The molecule has 0 aliphatic rings. The number of nitrogens with zero attached hydrogens (tertiary/aromatic N) is 3. The number of sulfonamides is 1. The lowest BCUT2D eigenvalue weighted by molar-refractivity contribution is 0.0985. The third kappa shape index (κ3) is 5.21. The van der Waals surface area contributed by atoms with Crippen LogP contribution in [0.15, 0.2) is 77.7 Å². The summed E-state index contributed by atoms with van der Waals surface area (Å²) < 4.78 is 28.1. The molecular weight excluding hydrogens is 490 g/mol. The van der Waals surface area contributed by atoms with Crippen LogP contribution >= 0.6 is 11.3 Å². The summed E-state index contributed by atoms with van der Waals surface area (Å²) in [5.41, 5.74) is 3.44. The van der Waals surface area contributed by atoms with Crippen LogP contribution in [0.3, 0.4) is 0 Å². The molecule has 0 bridgehead atoms. The molecule has 8 heteroatoms. The summed E-state index contributed by atoms with van der Waals surface area (Å²) >= 11 is 1.49. The molecule has 1 aromatic heterocycles. The first-order valence-corrected chi connectivity index (χ1v) is 14.2. The Hall–Kier alpha value is -3.07. The van der Waals surface area contributed by atoms with Gasteiger partial charge in [-0.05, 0) is 61.2 Å². The third-order valence-corrected chi connectivity index (χ3v) is 9.32. The van der Waals surface area contributed by atoms with Gasteiger partial charge in [0, 0.05) is 18.7 Å². The van der Waals surface area contributed by atoms with Crippen molar-refractivity contribution in [1.82, 2.24) is 9.29 Å². The highest BCUT2D eigenvalue weighted by Crippen LogP contribution is 2.35. The van der Waals surface area contributed by atoms with Crippen molar-refractivity contribution in [2.75, 3.05) is 11.9 Å². The van der Waals surface area contributed by atoms with Crippen LogP contribution < -0.4 is 4.90 Å². The minimum Gasteiger partial charge on any atom is -0.279 e. The van der Waals surface area contributed by atoms with Crippen molar-refractivity contribution in [3.05, 3.63) is 89.5 Å². The van der Waals surface area contributed by atoms with Crippen molar-refractivity contribution >= 4 is 42.6 Å². The lowest BCUT2D eigenvalue weighted by Crippen LogP contribution is -2.33. The zero-order valence-corrected chi connectivity index (χ0v) is 22.8. The molecule has 4 aromatic rings. The number of benzene rings is 3. The summed E-state index contributed by atoms with van der Waals surface area (Å²) in [5.74, 6) is 0.0746. The summed E-state index contributed by atoms with van der Waals surface area (Å²) in [7, 11) is -2.08. The van der Waals surface area contributed by atoms with Gasteiger partial charge in [0.25, 0.3) is 5.91 Å². The number of hydrogen-bond acceptors (Lipinski definition) is 5. The Labute approximate surface area is 217 Å². The smallest absolute Gasteiger partial charge is 0.260 e. The number of thiazole rings is 1. The molecule has 0 atom stereocenters. The molecule has 0 saturated carbocycles. The van der Waals surface area contributed by atoms with E-state index < -0.39 is 10.0 Å². The normalized spacial score (nSPS) is 12.1. The van der Waals surface area contributed by atoms with Crippen LogP contribution in [0, 0.1) is 0 Å². The SMILES string of the molecule is CC(C)c1cccc2sc(N(Cc3ccccc3)C(=O)c3ccc(S(=O)(=O)N(C)C(C)C)cc3)nc12. The number of rotatable bonds is 8. The van der Waals surface area contributed by atoms with E-state index in [0.29, 0.717) is 23.2 Å². The molecule has 0 fully saturated rings. The number of amides is 1. The van der Waals surface area contributed by atoms with Crippen molar-refractivity contribution in [3.63, 3.8) is 0 Å². The molecule has 3 aromatic carbocycles. The van der Waals surface area contributed by atoms with E-state index >= 15 is 0 Å². The van der Waals surface area contributed by atoms with Crippen molar-refractivity contribution in [2.45, 2.75) is 51.1 Å². The molecule has 4 rings (SSSR count). The van der Waals surface area contributed by atoms with Gasteiger partial charge in [0.1, 0.15) is 0 Å². The first-order valence-electron chi connectivity index (χ1n) is 11.9. The number of fused-ring (bicyclic) bond motifs is 1.